The van der Waals surface area contributed by atoms with Crippen molar-refractivity contribution in [2.24, 2.45) is 5.14 Å². The monoisotopic (exact) mass is 286 g/mol. The van der Waals surface area contributed by atoms with Crippen LogP contribution in [-0.2, 0) is 10.0 Å². The number of nitrogens with one attached hydrogen (secondary N) is 1. The van der Waals surface area contributed by atoms with E-state index in [2.05, 4.69) is 5.32 Å². The van der Waals surface area contributed by atoms with Gasteiger partial charge in [0, 0.05) is 5.69 Å². The van der Waals surface area contributed by atoms with Gasteiger partial charge in [-0.15, -0.1) is 0 Å². The largest absolute Gasteiger partial charge is 0.379 e. The van der Waals surface area contributed by atoms with E-state index in [1.165, 1.54) is 0 Å². The Bertz CT molecular complexity index is 502. The summed E-state index contributed by atoms with van der Waals surface area (Å²) in [4.78, 5) is -0.200. The molecule has 0 spiro atoms. The van der Waals surface area contributed by atoms with Crippen LogP contribution in [0.3, 0.4) is 0 Å². The molecule has 0 aliphatic rings. The minimum Gasteiger partial charge on any atom is -0.379 e. The maximum Gasteiger partial charge on any atom is 0.324 e. The standard InChI is InChI=1S/C9H10F4N2O2S/c10-8(11)9(12,13)5-15-6-1-3-7(4-2-6)18(14,16)17/h1-4,8,15H,5H2,(H2,14,16,17). The van der Waals surface area contributed by atoms with Crippen LogP contribution < -0.4 is 10.5 Å². The van der Waals surface area contributed by atoms with Crippen molar-refractivity contribution in [3.8, 4) is 0 Å². The Hall–Kier alpha value is -1.35. The zero-order chi connectivity index (χ0) is 14.0. The Morgan fingerprint density at radius 2 is 1.72 bits per heavy atom. The number of sulfonamides is 1. The van der Waals surface area contributed by atoms with E-state index in [1.807, 2.05) is 0 Å². The molecule has 0 aromatic heterocycles. The summed E-state index contributed by atoms with van der Waals surface area (Å²) < 4.78 is 70.6. The highest BCUT2D eigenvalue weighted by molar-refractivity contribution is 7.89. The van der Waals surface area contributed by atoms with Gasteiger partial charge in [0.15, 0.2) is 0 Å². The van der Waals surface area contributed by atoms with Gasteiger partial charge in [0.25, 0.3) is 0 Å². The number of anilines is 1. The topological polar surface area (TPSA) is 72.2 Å². The first kappa shape index (κ1) is 14.7. The predicted octanol–water partition coefficient (Wildman–Crippen LogP) is 1.65. The van der Waals surface area contributed by atoms with Gasteiger partial charge in [-0.05, 0) is 24.3 Å². The van der Waals surface area contributed by atoms with Crippen LogP contribution in [0.2, 0.25) is 0 Å². The summed E-state index contributed by atoms with van der Waals surface area (Å²) in [6, 6.07) is 4.47. The van der Waals surface area contributed by atoms with E-state index in [9.17, 15) is 26.0 Å². The van der Waals surface area contributed by atoms with Crippen molar-refractivity contribution in [2.75, 3.05) is 11.9 Å². The Labute approximate surface area is 101 Å². The number of nitrogens with two attached hydrogens (primary N) is 1. The Morgan fingerprint density at radius 1 is 1.22 bits per heavy atom. The van der Waals surface area contributed by atoms with Crippen molar-refractivity contribution in [3.05, 3.63) is 24.3 Å². The van der Waals surface area contributed by atoms with Gasteiger partial charge in [0.1, 0.15) is 0 Å². The third-order valence-electron chi connectivity index (χ3n) is 2.03. The van der Waals surface area contributed by atoms with Crippen molar-refractivity contribution in [1.29, 1.82) is 0 Å². The summed E-state index contributed by atoms with van der Waals surface area (Å²) in [5.74, 6) is -4.15. The molecule has 0 saturated carbocycles. The van der Waals surface area contributed by atoms with Crippen molar-refractivity contribution < 1.29 is 26.0 Å². The number of halogens is 4. The van der Waals surface area contributed by atoms with Crippen LogP contribution in [0.1, 0.15) is 0 Å². The molecule has 1 rings (SSSR count). The molecule has 1 aromatic carbocycles. The molecule has 3 N–H and O–H groups in total. The number of hydrogen-bond acceptors (Lipinski definition) is 3. The zero-order valence-electron chi connectivity index (χ0n) is 8.91. The molecule has 9 heteroatoms. The summed E-state index contributed by atoms with van der Waals surface area (Å²) in [5, 5.41) is 6.90. The van der Waals surface area contributed by atoms with E-state index in [1.54, 1.807) is 0 Å². The van der Waals surface area contributed by atoms with Crippen molar-refractivity contribution >= 4 is 15.7 Å². The Morgan fingerprint density at radius 3 is 2.11 bits per heavy atom. The van der Waals surface area contributed by atoms with Crippen molar-refractivity contribution in [3.63, 3.8) is 0 Å². The molecule has 102 valence electrons. The lowest BCUT2D eigenvalue weighted by Crippen LogP contribution is -2.34. The second kappa shape index (κ2) is 5.11. The van der Waals surface area contributed by atoms with Gasteiger partial charge >= 0.3 is 12.3 Å². The minimum atomic E-state index is -4.15. The zero-order valence-corrected chi connectivity index (χ0v) is 9.72. The summed E-state index contributed by atoms with van der Waals surface area (Å²) in [5.41, 5.74) is 0.0859. The van der Waals surface area contributed by atoms with Gasteiger partial charge in [-0.25, -0.2) is 22.3 Å². The van der Waals surface area contributed by atoms with Crippen LogP contribution in [0.25, 0.3) is 0 Å². The fraction of sp³-hybridized carbons (Fsp3) is 0.333. The Balaban J connectivity index is 2.71. The van der Waals surface area contributed by atoms with Gasteiger partial charge < -0.3 is 5.32 Å². The lowest BCUT2D eigenvalue weighted by Gasteiger charge is -2.16. The molecule has 4 nitrogen and oxygen atoms in total. The smallest absolute Gasteiger partial charge is 0.324 e. The highest BCUT2D eigenvalue weighted by Crippen LogP contribution is 2.23. The molecule has 1 aromatic rings. The normalized spacial score (nSPS) is 12.8. The number of alkyl halides is 4. The first-order valence-corrected chi connectivity index (χ1v) is 6.20. The van der Waals surface area contributed by atoms with Crippen molar-refractivity contribution in [2.45, 2.75) is 17.2 Å². The summed E-state index contributed by atoms with van der Waals surface area (Å²) in [7, 11) is -3.87. The first-order valence-electron chi connectivity index (χ1n) is 4.65. The summed E-state index contributed by atoms with van der Waals surface area (Å²) >= 11 is 0. The quantitative estimate of drug-likeness (QED) is 0.808. The average molecular weight is 286 g/mol. The maximum atomic E-state index is 12.6. The molecule has 0 atom stereocenters. The summed E-state index contributed by atoms with van der Waals surface area (Å²) in [6.45, 7) is -1.25. The molecule has 0 fully saturated rings. The van der Waals surface area contributed by atoms with Crippen LogP contribution >= 0.6 is 0 Å². The van der Waals surface area contributed by atoms with Crippen LogP contribution in [0.5, 0.6) is 0 Å². The molecule has 0 aliphatic heterocycles. The molecule has 0 aliphatic carbocycles. The van der Waals surface area contributed by atoms with Gasteiger partial charge in [0.05, 0.1) is 11.4 Å². The molecule has 0 unspecified atom stereocenters. The third kappa shape index (κ3) is 3.84. The minimum absolute atomic E-state index is 0.0859. The van der Waals surface area contributed by atoms with Crippen molar-refractivity contribution in [1.82, 2.24) is 0 Å². The van der Waals surface area contributed by atoms with E-state index in [-0.39, 0.29) is 10.6 Å². The molecule has 0 saturated heterocycles. The average Bonchev–Trinajstić information content (AvgIpc) is 2.25. The highest BCUT2D eigenvalue weighted by atomic mass is 32.2. The molecule has 0 amide bonds. The maximum absolute atomic E-state index is 12.6. The van der Waals surface area contributed by atoms with Gasteiger partial charge in [0.2, 0.25) is 10.0 Å². The molecular formula is C9H10F4N2O2S. The van der Waals surface area contributed by atoms with Gasteiger partial charge in [-0.3, -0.25) is 0 Å². The third-order valence-corrected chi connectivity index (χ3v) is 2.96. The molecular weight excluding hydrogens is 276 g/mol. The number of rotatable bonds is 5. The second-order valence-corrected chi connectivity index (χ2v) is 5.05. The fourth-order valence-corrected chi connectivity index (χ4v) is 1.57. The first-order chi connectivity index (χ1) is 8.13. The lowest BCUT2D eigenvalue weighted by molar-refractivity contribution is -0.117. The van der Waals surface area contributed by atoms with Gasteiger partial charge in [-0.1, -0.05) is 0 Å². The van der Waals surface area contributed by atoms with E-state index >= 15 is 0 Å². The SMILES string of the molecule is NS(=O)(=O)c1ccc(NCC(F)(F)C(F)F)cc1. The van der Waals surface area contributed by atoms with Crippen LogP contribution in [-0.4, -0.2) is 27.3 Å². The van der Waals surface area contributed by atoms with E-state index in [4.69, 9.17) is 5.14 Å². The number of benzene rings is 1. The van der Waals surface area contributed by atoms with E-state index < -0.39 is 28.9 Å². The molecule has 0 heterocycles. The number of primary sulfonamides is 1. The molecule has 18 heavy (non-hydrogen) atoms. The lowest BCUT2D eigenvalue weighted by atomic mass is 10.3. The van der Waals surface area contributed by atoms with Crippen LogP contribution in [0.4, 0.5) is 23.2 Å². The fourth-order valence-electron chi connectivity index (χ4n) is 1.06. The van der Waals surface area contributed by atoms with Crippen LogP contribution in [0.15, 0.2) is 29.2 Å². The van der Waals surface area contributed by atoms with Gasteiger partial charge in [-0.2, -0.15) is 8.78 Å². The van der Waals surface area contributed by atoms with Crippen LogP contribution in [0, 0.1) is 0 Å². The molecule has 0 radical (unpaired) electrons. The molecule has 0 bridgehead atoms. The highest BCUT2D eigenvalue weighted by Gasteiger charge is 2.40. The summed E-state index contributed by atoms with van der Waals surface area (Å²) in [6.07, 6.45) is -3.77. The number of hydrogen-bond donors (Lipinski definition) is 2. The predicted molar refractivity (Wildman–Crippen MR) is 57.3 cm³/mol. The second-order valence-electron chi connectivity index (χ2n) is 3.48. The van der Waals surface area contributed by atoms with E-state index in [0.717, 1.165) is 24.3 Å². The van der Waals surface area contributed by atoms with E-state index in [0.29, 0.717) is 0 Å². The Kier molecular flexibility index (Phi) is 4.17.